The number of hydrogen-bond donors (Lipinski definition) is 0. The van der Waals surface area contributed by atoms with Gasteiger partial charge in [-0.1, -0.05) is 52.3 Å². The number of sulfonamides is 1. The van der Waals surface area contributed by atoms with E-state index in [1.165, 1.54) is 23.5 Å². The Hall–Kier alpha value is -3.79. The minimum absolute atomic E-state index is 0.106. The maximum absolute atomic E-state index is 13.1. The van der Waals surface area contributed by atoms with Gasteiger partial charge in [-0.3, -0.25) is 4.57 Å². The van der Waals surface area contributed by atoms with Gasteiger partial charge in [-0.15, -0.1) is 15.7 Å². The summed E-state index contributed by atoms with van der Waals surface area (Å²) in [4.78, 5) is 12.8. The molecule has 0 unspecified atom stereocenters. The predicted molar refractivity (Wildman–Crippen MR) is 147 cm³/mol. The fourth-order valence-corrected chi connectivity index (χ4v) is 5.97. The zero-order valence-corrected chi connectivity index (χ0v) is 22.4. The fourth-order valence-electron chi connectivity index (χ4n) is 3.60. The number of ether oxygens (including phenoxy) is 1. The van der Waals surface area contributed by atoms with Crippen molar-refractivity contribution < 1.29 is 17.9 Å². The Morgan fingerprint density at radius 2 is 1.43 bits per heavy atom. The molecule has 0 N–H and O–H groups in total. The molecule has 6 nitrogen and oxygen atoms in total. The Bertz CT molecular complexity index is 1710. The highest BCUT2D eigenvalue weighted by molar-refractivity contribution is 9.10. The van der Waals surface area contributed by atoms with Crippen LogP contribution in [-0.4, -0.2) is 19.0 Å². The van der Waals surface area contributed by atoms with Gasteiger partial charge in [0.15, 0.2) is 0 Å². The first-order valence-electron chi connectivity index (χ1n) is 11.1. The number of hydrogen-bond acceptors (Lipinski definition) is 5. The summed E-state index contributed by atoms with van der Waals surface area (Å²) in [5, 5.41) is 1.86. The second-order valence-corrected chi connectivity index (χ2v) is 11.2. The first-order valence-corrected chi connectivity index (χ1v) is 14.2. The molecular weight excluding hydrogens is 572 g/mol. The molecule has 0 saturated heterocycles. The molecule has 1 heterocycles. The molecule has 1 aromatic heterocycles. The first-order chi connectivity index (χ1) is 17.9. The Morgan fingerprint density at radius 1 is 0.811 bits per heavy atom. The van der Waals surface area contributed by atoms with E-state index >= 15 is 0 Å². The Kier molecular flexibility index (Phi) is 7.18. The molecule has 37 heavy (non-hydrogen) atoms. The maximum Gasteiger partial charge on any atom is 0.343 e. The van der Waals surface area contributed by atoms with Crippen LogP contribution in [0.15, 0.2) is 128 Å². The minimum atomic E-state index is -3.94. The summed E-state index contributed by atoms with van der Waals surface area (Å²) in [5.74, 6) is -0.0377. The Balaban J connectivity index is 1.53. The van der Waals surface area contributed by atoms with E-state index in [4.69, 9.17) is 4.74 Å². The van der Waals surface area contributed by atoms with Crippen LogP contribution >= 0.6 is 27.3 Å². The van der Waals surface area contributed by atoms with E-state index in [2.05, 4.69) is 20.3 Å². The van der Waals surface area contributed by atoms with Crippen LogP contribution in [0, 0.1) is 0 Å². The van der Waals surface area contributed by atoms with Gasteiger partial charge >= 0.3 is 5.97 Å². The summed E-state index contributed by atoms with van der Waals surface area (Å²) < 4.78 is 38.4. The third-order valence-electron chi connectivity index (χ3n) is 5.40. The Labute approximate surface area is 226 Å². The van der Waals surface area contributed by atoms with Gasteiger partial charge in [-0.25, -0.2) is 4.79 Å². The summed E-state index contributed by atoms with van der Waals surface area (Å²) >= 11 is 4.55. The van der Waals surface area contributed by atoms with Crippen molar-refractivity contribution in [2.75, 3.05) is 0 Å². The number of thiazole rings is 1. The van der Waals surface area contributed by atoms with Gasteiger partial charge in [0.25, 0.3) is 10.0 Å². The number of nitrogens with zero attached hydrogens (tertiary/aromatic N) is 2. The smallest absolute Gasteiger partial charge is 0.343 e. The molecule has 0 spiro atoms. The number of aromatic nitrogens is 1. The van der Waals surface area contributed by atoms with Crippen LogP contribution in [0.4, 0.5) is 0 Å². The van der Waals surface area contributed by atoms with Crippen molar-refractivity contribution in [3.63, 3.8) is 0 Å². The van der Waals surface area contributed by atoms with E-state index in [0.717, 1.165) is 21.4 Å². The SMILES string of the molecule is O=C(Oc1ccc(-c2csc(=NS(=O)(=O)c3ccc(Br)cc3)n2-c2ccccc2)cc1)c1ccccc1. The van der Waals surface area contributed by atoms with E-state index in [9.17, 15) is 13.2 Å². The number of rotatable bonds is 6. The molecular formula is C28H19BrN2O4S2. The Morgan fingerprint density at radius 3 is 2.08 bits per heavy atom. The number of carbonyl (C=O) groups is 1. The number of para-hydroxylation sites is 1. The quantitative estimate of drug-likeness (QED) is 0.167. The summed E-state index contributed by atoms with van der Waals surface area (Å²) in [7, 11) is -3.94. The maximum atomic E-state index is 13.1. The molecule has 0 aliphatic carbocycles. The second kappa shape index (κ2) is 10.7. The zero-order valence-electron chi connectivity index (χ0n) is 19.2. The van der Waals surface area contributed by atoms with Crippen LogP contribution < -0.4 is 9.54 Å². The monoisotopic (exact) mass is 590 g/mol. The summed E-state index contributed by atoms with van der Waals surface area (Å²) in [6.45, 7) is 0. The van der Waals surface area contributed by atoms with Gasteiger partial charge in [0.2, 0.25) is 4.80 Å². The number of halogens is 1. The van der Waals surface area contributed by atoms with Crippen molar-refractivity contribution >= 4 is 43.3 Å². The van der Waals surface area contributed by atoms with Gasteiger partial charge in [0.1, 0.15) is 5.75 Å². The van der Waals surface area contributed by atoms with Crippen LogP contribution in [0.1, 0.15) is 10.4 Å². The topological polar surface area (TPSA) is 77.7 Å². The van der Waals surface area contributed by atoms with Crippen LogP contribution in [0.3, 0.4) is 0 Å². The highest BCUT2D eigenvalue weighted by atomic mass is 79.9. The van der Waals surface area contributed by atoms with Gasteiger partial charge in [0, 0.05) is 15.5 Å². The van der Waals surface area contributed by atoms with Gasteiger partial charge in [-0.2, -0.15) is 8.42 Å². The lowest BCUT2D eigenvalue weighted by Crippen LogP contribution is -2.16. The molecule has 0 aliphatic heterocycles. The summed E-state index contributed by atoms with van der Waals surface area (Å²) in [6, 6.07) is 31.6. The predicted octanol–water partition coefficient (Wildman–Crippen LogP) is 6.48. The number of benzene rings is 4. The molecule has 0 amide bonds. The molecule has 184 valence electrons. The van der Waals surface area contributed by atoms with Crippen molar-refractivity contribution in [1.82, 2.24) is 4.57 Å². The highest BCUT2D eigenvalue weighted by Gasteiger charge is 2.16. The molecule has 0 atom stereocenters. The lowest BCUT2D eigenvalue weighted by Gasteiger charge is -2.10. The molecule has 0 saturated carbocycles. The largest absolute Gasteiger partial charge is 0.423 e. The molecule has 0 bridgehead atoms. The lowest BCUT2D eigenvalue weighted by atomic mass is 10.1. The van der Waals surface area contributed by atoms with E-state index in [-0.39, 0.29) is 4.90 Å². The zero-order chi connectivity index (χ0) is 25.8. The van der Waals surface area contributed by atoms with E-state index in [1.807, 2.05) is 53.9 Å². The molecule has 5 rings (SSSR count). The number of esters is 1. The average molecular weight is 592 g/mol. The lowest BCUT2D eigenvalue weighted by molar-refractivity contribution is 0.0734. The molecule has 4 aromatic carbocycles. The summed E-state index contributed by atoms with van der Waals surface area (Å²) in [5.41, 5.74) is 2.79. The highest BCUT2D eigenvalue weighted by Crippen LogP contribution is 2.26. The average Bonchev–Trinajstić information content (AvgIpc) is 3.33. The second-order valence-electron chi connectivity index (χ2n) is 7.87. The van der Waals surface area contributed by atoms with Crippen molar-refractivity contribution in [1.29, 1.82) is 0 Å². The van der Waals surface area contributed by atoms with Crippen molar-refractivity contribution in [2.24, 2.45) is 4.40 Å². The van der Waals surface area contributed by atoms with E-state index in [1.54, 1.807) is 53.1 Å². The molecule has 5 aromatic rings. The first kappa shape index (κ1) is 24.9. The fraction of sp³-hybridized carbons (Fsp3) is 0. The van der Waals surface area contributed by atoms with Crippen molar-refractivity contribution in [3.8, 4) is 22.7 Å². The number of carbonyl (C=O) groups excluding carboxylic acids is 1. The van der Waals surface area contributed by atoms with E-state index in [0.29, 0.717) is 16.1 Å². The molecule has 0 fully saturated rings. The minimum Gasteiger partial charge on any atom is -0.423 e. The summed E-state index contributed by atoms with van der Waals surface area (Å²) in [6.07, 6.45) is 0. The van der Waals surface area contributed by atoms with Gasteiger partial charge in [0.05, 0.1) is 16.2 Å². The van der Waals surface area contributed by atoms with Crippen LogP contribution in [0.5, 0.6) is 5.75 Å². The molecule has 0 aliphatic rings. The third-order valence-corrected chi connectivity index (χ3v) is 8.15. The van der Waals surface area contributed by atoms with Crippen molar-refractivity contribution in [2.45, 2.75) is 4.90 Å². The van der Waals surface area contributed by atoms with Crippen LogP contribution in [0.2, 0.25) is 0 Å². The van der Waals surface area contributed by atoms with Crippen LogP contribution in [0.25, 0.3) is 16.9 Å². The third kappa shape index (κ3) is 5.64. The van der Waals surface area contributed by atoms with Gasteiger partial charge in [-0.05, 0) is 78.4 Å². The van der Waals surface area contributed by atoms with Crippen molar-refractivity contribution in [3.05, 3.63) is 129 Å². The molecule has 9 heteroatoms. The van der Waals surface area contributed by atoms with Gasteiger partial charge < -0.3 is 4.74 Å². The standard InChI is InChI=1S/C28H19BrN2O4S2/c29-22-13-17-25(18-14-22)37(33,34)30-28-31(23-9-5-2-6-10-23)26(19-36-28)20-11-15-24(16-12-20)35-27(32)21-7-3-1-4-8-21/h1-19H. The normalized spacial score (nSPS) is 11.9. The van der Waals surface area contributed by atoms with E-state index < -0.39 is 16.0 Å². The van der Waals surface area contributed by atoms with Crippen LogP contribution in [-0.2, 0) is 10.0 Å². The molecule has 0 radical (unpaired) electrons.